The Morgan fingerprint density at radius 2 is 2.04 bits per heavy atom. The first-order chi connectivity index (χ1) is 11.2. The Balaban J connectivity index is 1.92. The van der Waals surface area contributed by atoms with Crippen LogP contribution in [0, 0.1) is 0 Å². The predicted octanol–water partition coefficient (Wildman–Crippen LogP) is 4.68. The minimum atomic E-state index is 0.730. The quantitative estimate of drug-likeness (QED) is 0.630. The lowest BCUT2D eigenvalue weighted by molar-refractivity contribution is 0.294. The van der Waals surface area contributed by atoms with Crippen LogP contribution in [-0.2, 0) is 6.54 Å². The van der Waals surface area contributed by atoms with Gasteiger partial charge in [0.25, 0.3) is 0 Å². The highest BCUT2D eigenvalue weighted by Gasteiger charge is 2.15. The number of imidazole rings is 1. The lowest BCUT2D eigenvalue weighted by atomic mass is 10.3. The van der Waals surface area contributed by atoms with E-state index < -0.39 is 0 Å². The van der Waals surface area contributed by atoms with Crippen molar-refractivity contribution in [1.29, 1.82) is 0 Å². The van der Waals surface area contributed by atoms with Crippen LogP contribution in [0.5, 0.6) is 0 Å². The smallest absolute Gasteiger partial charge is 0.177 e. The van der Waals surface area contributed by atoms with E-state index in [1.54, 1.807) is 6.26 Å². The molecule has 3 aromatic rings. The van der Waals surface area contributed by atoms with Crippen LogP contribution in [0.3, 0.4) is 0 Å². The summed E-state index contributed by atoms with van der Waals surface area (Å²) < 4.78 is 7.77. The zero-order chi connectivity index (χ0) is 16.2. The average Bonchev–Trinajstić information content (AvgIpc) is 3.19. The first-order valence-corrected chi connectivity index (χ1v) is 8.52. The Hall–Kier alpha value is -1.78. The molecule has 23 heavy (non-hydrogen) atoms. The number of fused-ring (bicyclic) bond motifs is 1. The number of benzene rings is 1. The van der Waals surface area contributed by atoms with Crippen molar-refractivity contribution in [3.8, 4) is 11.6 Å². The minimum absolute atomic E-state index is 0.730. The molecular formula is C18H22ClN3O. The second kappa shape index (κ2) is 7.20. The van der Waals surface area contributed by atoms with Gasteiger partial charge in [0.15, 0.2) is 11.6 Å². The first-order valence-electron chi connectivity index (χ1n) is 8.15. The molecule has 1 aromatic carbocycles. The van der Waals surface area contributed by atoms with Crippen LogP contribution in [0.2, 0.25) is 5.02 Å². The standard InChI is InChI=1S/C18H22ClN3O/c1-3-21(4-2)10-6-11-22-16-13-14(19)8-9-15(16)20-18(22)17-7-5-12-23-17/h5,7-9,12-13H,3-4,6,10-11H2,1-2H3. The molecule has 0 amide bonds. The maximum absolute atomic E-state index is 6.18. The van der Waals surface area contributed by atoms with Crippen LogP contribution < -0.4 is 0 Å². The molecule has 122 valence electrons. The molecule has 0 aliphatic rings. The van der Waals surface area contributed by atoms with Gasteiger partial charge in [0.1, 0.15) is 0 Å². The van der Waals surface area contributed by atoms with Crippen LogP contribution in [0.1, 0.15) is 20.3 Å². The van der Waals surface area contributed by atoms with Gasteiger partial charge < -0.3 is 13.9 Å². The van der Waals surface area contributed by atoms with E-state index in [4.69, 9.17) is 21.0 Å². The Morgan fingerprint density at radius 3 is 2.74 bits per heavy atom. The van der Waals surface area contributed by atoms with Gasteiger partial charge in [-0.3, -0.25) is 0 Å². The van der Waals surface area contributed by atoms with Gasteiger partial charge in [-0.2, -0.15) is 0 Å². The largest absolute Gasteiger partial charge is 0.461 e. The Bertz CT molecular complexity index is 760. The Morgan fingerprint density at radius 1 is 1.22 bits per heavy atom. The van der Waals surface area contributed by atoms with E-state index >= 15 is 0 Å². The van der Waals surface area contributed by atoms with Crippen LogP contribution in [0.15, 0.2) is 41.0 Å². The minimum Gasteiger partial charge on any atom is -0.461 e. The number of hydrogen-bond donors (Lipinski definition) is 0. The van der Waals surface area contributed by atoms with Gasteiger partial charge in [0.05, 0.1) is 17.3 Å². The van der Waals surface area contributed by atoms with Crippen molar-refractivity contribution in [3.63, 3.8) is 0 Å². The molecule has 0 bridgehead atoms. The second-order valence-electron chi connectivity index (χ2n) is 5.58. The van der Waals surface area contributed by atoms with Crippen molar-refractivity contribution in [2.45, 2.75) is 26.8 Å². The molecule has 0 unspecified atom stereocenters. The summed E-state index contributed by atoms with van der Waals surface area (Å²) in [4.78, 5) is 7.16. The highest BCUT2D eigenvalue weighted by atomic mass is 35.5. The van der Waals surface area contributed by atoms with Crippen molar-refractivity contribution in [1.82, 2.24) is 14.5 Å². The lowest BCUT2D eigenvalue weighted by Crippen LogP contribution is -2.24. The van der Waals surface area contributed by atoms with E-state index in [-0.39, 0.29) is 0 Å². The molecule has 0 saturated heterocycles. The van der Waals surface area contributed by atoms with Gasteiger partial charge in [-0.15, -0.1) is 0 Å². The molecule has 0 atom stereocenters. The van der Waals surface area contributed by atoms with Crippen molar-refractivity contribution in [2.75, 3.05) is 19.6 Å². The van der Waals surface area contributed by atoms with Crippen molar-refractivity contribution in [2.24, 2.45) is 0 Å². The zero-order valence-corrected chi connectivity index (χ0v) is 14.4. The topological polar surface area (TPSA) is 34.2 Å². The molecule has 0 aliphatic heterocycles. The number of rotatable bonds is 7. The number of aromatic nitrogens is 2. The predicted molar refractivity (Wildman–Crippen MR) is 94.9 cm³/mol. The summed E-state index contributed by atoms with van der Waals surface area (Å²) >= 11 is 6.18. The van der Waals surface area contributed by atoms with Gasteiger partial charge in [0, 0.05) is 11.6 Å². The summed E-state index contributed by atoms with van der Waals surface area (Å²) in [5.41, 5.74) is 2.01. The fraction of sp³-hybridized carbons (Fsp3) is 0.389. The third kappa shape index (κ3) is 3.43. The number of nitrogens with zero attached hydrogens (tertiary/aromatic N) is 3. The second-order valence-corrected chi connectivity index (χ2v) is 6.01. The molecule has 2 aromatic heterocycles. The number of hydrogen-bond acceptors (Lipinski definition) is 3. The van der Waals surface area contributed by atoms with E-state index in [1.807, 2.05) is 30.3 Å². The molecule has 0 spiro atoms. The van der Waals surface area contributed by atoms with Crippen molar-refractivity contribution < 1.29 is 4.42 Å². The Kier molecular flexibility index (Phi) is 5.03. The van der Waals surface area contributed by atoms with Crippen molar-refractivity contribution in [3.05, 3.63) is 41.6 Å². The molecule has 5 heteroatoms. The van der Waals surface area contributed by atoms with Gasteiger partial charge in [-0.25, -0.2) is 4.98 Å². The maximum atomic E-state index is 6.18. The normalized spacial score (nSPS) is 11.7. The molecular weight excluding hydrogens is 310 g/mol. The first kappa shape index (κ1) is 16.1. The van der Waals surface area contributed by atoms with Crippen molar-refractivity contribution >= 4 is 22.6 Å². The summed E-state index contributed by atoms with van der Waals surface area (Å²) in [5.74, 6) is 1.66. The molecule has 0 N–H and O–H groups in total. The number of furan rings is 1. The molecule has 0 saturated carbocycles. The van der Waals surface area contributed by atoms with Crippen LogP contribution >= 0.6 is 11.6 Å². The van der Waals surface area contributed by atoms with Gasteiger partial charge in [0.2, 0.25) is 0 Å². The van der Waals surface area contributed by atoms with Gasteiger partial charge in [-0.05, 0) is 56.4 Å². The van der Waals surface area contributed by atoms with E-state index in [0.29, 0.717) is 0 Å². The lowest BCUT2D eigenvalue weighted by Gasteiger charge is -2.18. The Labute approximate surface area is 141 Å². The van der Waals surface area contributed by atoms with E-state index in [9.17, 15) is 0 Å². The van der Waals surface area contributed by atoms with Crippen LogP contribution in [-0.4, -0.2) is 34.1 Å². The van der Waals surface area contributed by atoms with Crippen LogP contribution in [0.25, 0.3) is 22.6 Å². The number of halogens is 1. The summed E-state index contributed by atoms with van der Waals surface area (Å²) in [6.07, 6.45) is 2.75. The number of aryl methyl sites for hydroxylation is 1. The molecule has 3 rings (SSSR count). The molecule has 4 nitrogen and oxygen atoms in total. The fourth-order valence-electron chi connectivity index (χ4n) is 2.91. The summed E-state index contributed by atoms with van der Waals surface area (Å²) in [6.45, 7) is 8.53. The van der Waals surface area contributed by atoms with Crippen LogP contribution in [0.4, 0.5) is 0 Å². The van der Waals surface area contributed by atoms with E-state index in [0.717, 1.165) is 60.2 Å². The van der Waals surface area contributed by atoms with Gasteiger partial charge >= 0.3 is 0 Å². The monoisotopic (exact) mass is 331 g/mol. The molecule has 0 aliphatic carbocycles. The van der Waals surface area contributed by atoms with E-state index in [1.165, 1.54) is 0 Å². The summed E-state index contributed by atoms with van der Waals surface area (Å²) in [5, 5.41) is 0.730. The third-order valence-electron chi connectivity index (χ3n) is 4.20. The summed E-state index contributed by atoms with van der Waals surface area (Å²) in [6, 6.07) is 9.66. The highest BCUT2D eigenvalue weighted by Crippen LogP contribution is 2.27. The maximum Gasteiger partial charge on any atom is 0.177 e. The summed E-state index contributed by atoms with van der Waals surface area (Å²) in [7, 11) is 0. The van der Waals surface area contributed by atoms with E-state index in [2.05, 4.69) is 23.3 Å². The molecule has 2 heterocycles. The SMILES string of the molecule is CCN(CC)CCCn1c(-c2ccco2)nc2ccc(Cl)cc21. The average molecular weight is 332 g/mol. The molecule has 0 radical (unpaired) electrons. The molecule has 0 fully saturated rings. The zero-order valence-electron chi connectivity index (χ0n) is 13.6. The third-order valence-corrected chi connectivity index (χ3v) is 4.44. The highest BCUT2D eigenvalue weighted by molar-refractivity contribution is 6.31. The van der Waals surface area contributed by atoms with Gasteiger partial charge in [-0.1, -0.05) is 25.4 Å². The fourth-order valence-corrected chi connectivity index (χ4v) is 3.07.